The first-order valence-corrected chi connectivity index (χ1v) is 10.8. The van der Waals surface area contributed by atoms with E-state index in [0.29, 0.717) is 32.1 Å². The molecule has 0 spiro atoms. The Morgan fingerprint density at radius 1 is 1.17 bits per heavy atom. The second kappa shape index (κ2) is 8.46. The second-order valence-electron chi connectivity index (χ2n) is 6.64. The molecule has 8 nitrogen and oxygen atoms in total. The molecule has 29 heavy (non-hydrogen) atoms. The van der Waals surface area contributed by atoms with Crippen LogP contribution in [0.2, 0.25) is 5.02 Å². The maximum atomic E-state index is 13.0. The van der Waals surface area contributed by atoms with Gasteiger partial charge in [-0.2, -0.15) is 0 Å². The van der Waals surface area contributed by atoms with Gasteiger partial charge in [0, 0.05) is 45.5 Å². The number of hydrogen-bond donors (Lipinski definition) is 0. The normalized spacial score (nSPS) is 14.4. The molecule has 1 aliphatic rings. The summed E-state index contributed by atoms with van der Waals surface area (Å²) in [6.45, 7) is 8.17. The molecule has 0 radical (unpaired) electrons. The molecule has 4 heterocycles. The monoisotopic (exact) mass is 431 g/mol. The highest BCUT2D eigenvalue weighted by molar-refractivity contribution is 7.21. The average molecular weight is 432 g/mol. The minimum absolute atomic E-state index is 0.156. The number of aromatic nitrogens is 4. The fraction of sp³-hybridized carbons (Fsp3) is 0.421. The van der Waals surface area contributed by atoms with E-state index in [2.05, 4.69) is 24.8 Å². The molecule has 0 aliphatic carbocycles. The molecule has 1 saturated heterocycles. The van der Waals surface area contributed by atoms with Crippen molar-refractivity contribution in [2.75, 3.05) is 49.1 Å². The predicted molar refractivity (Wildman–Crippen MR) is 116 cm³/mol. The first-order valence-electron chi connectivity index (χ1n) is 9.64. The summed E-state index contributed by atoms with van der Waals surface area (Å²) < 4.78 is 0. The molecule has 1 amide bonds. The number of anilines is 2. The van der Waals surface area contributed by atoms with Crippen LogP contribution in [0.4, 0.5) is 11.1 Å². The van der Waals surface area contributed by atoms with Crippen LogP contribution in [0.5, 0.6) is 0 Å². The van der Waals surface area contributed by atoms with Crippen LogP contribution in [-0.4, -0.2) is 70.0 Å². The third-order valence-electron chi connectivity index (χ3n) is 4.97. The Morgan fingerprint density at radius 2 is 1.93 bits per heavy atom. The molecule has 3 aromatic rings. The van der Waals surface area contributed by atoms with Crippen molar-refractivity contribution in [3.63, 3.8) is 0 Å². The zero-order valence-electron chi connectivity index (χ0n) is 16.4. The number of piperazine rings is 1. The number of rotatable bonds is 5. The topological polar surface area (TPSA) is 78.4 Å². The fourth-order valence-corrected chi connectivity index (χ4v) is 4.44. The number of pyridine rings is 1. The fourth-order valence-electron chi connectivity index (χ4n) is 3.31. The Morgan fingerprint density at radius 3 is 2.62 bits per heavy atom. The van der Waals surface area contributed by atoms with E-state index in [1.165, 1.54) is 6.20 Å². The SMILES string of the molecule is CCN(CC)c1ncc(Cl)c(C(=O)N2CCN(c3nc4cccnc4s3)CC2)n1. The number of amides is 1. The highest BCUT2D eigenvalue weighted by Gasteiger charge is 2.27. The van der Waals surface area contributed by atoms with Crippen molar-refractivity contribution in [1.29, 1.82) is 0 Å². The van der Waals surface area contributed by atoms with Gasteiger partial charge in [-0.05, 0) is 26.0 Å². The van der Waals surface area contributed by atoms with E-state index >= 15 is 0 Å². The number of hydrogen-bond acceptors (Lipinski definition) is 8. The van der Waals surface area contributed by atoms with Gasteiger partial charge in [0.25, 0.3) is 5.91 Å². The Balaban J connectivity index is 1.47. The van der Waals surface area contributed by atoms with Crippen LogP contribution in [0.1, 0.15) is 24.3 Å². The maximum Gasteiger partial charge on any atom is 0.274 e. The van der Waals surface area contributed by atoms with Gasteiger partial charge in [0.2, 0.25) is 5.95 Å². The summed E-state index contributed by atoms with van der Waals surface area (Å²) in [6.07, 6.45) is 3.29. The third-order valence-corrected chi connectivity index (χ3v) is 6.29. The lowest BCUT2D eigenvalue weighted by atomic mass is 10.2. The molecular weight excluding hydrogens is 410 g/mol. The number of fused-ring (bicyclic) bond motifs is 1. The summed E-state index contributed by atoms with van der Waals surface area (Å²) in [5.41, 5.74) is 1.17. The molecule has 0 unspecified atom stereocenters. The van der Waals surface area contributed by atoms with Crippen LogP contribution >= 0.6 is 22.9 Å². The summed E-state index contributed by atoms with van der Waals surface area (Å²) in [5.74, 6) is 0.375. The lowest BCUT2D eigenvalue weighted by Gasteiger charge is -2.34. The lowest BCUT2D eigenvalue weighted by molar-refractivity contribution is 0.0741. The molecule has 10 heteroatoms. The molecule has 0 atom stereocenters. The second-order valence-corrected chi connectivity index (χ2v) is 8.01. The highest BCUT2D eigenvalue weighted by atomic mass is 35.5. The van der Waals surface area contributed by atoms with Gasteiger partial charge < -0.3 is 14.7 Å². The van der Waals surface area contributed by atoms with Crippen molar-refractivity contribution in [2.24, 2.45) is 0 Å². The van der Waals surface area contributed by atoms with Crippen LogP contribution in [0.25, 0.3) is 10.3 Å². The Kier molecular flexibility index (Phi) is 5.77. The number of halogens is 1. The summed E-state index contributed by atoms with van der Waals surface area (Å²) in [7, 11) is 0. The number of carbonyl (C=O) groups excluding carboxylic acids is 1. The highest BCUT2D eigenvalue weighted by Crippen LogP contribution is 2.28. The van der Waals surface area contributed by atoms with Gasteiger partial charge in [-0.1, -0.05) is 22.9 Å². The Hall–Kier alpha value is -2.52. The minimum atomic E-state index is -0.156. The van der Waals surface area contributed by atoms with Gasteiger partial charge in [-0.15, -0.1) is 0 Å². The molecule has 0 saturated carbocycles. The van der Waals surface area contributed by atoms with Crippen molar-refractivity contribution in [1.82, 2.24) is 24.8 Å². The van der Waals surface area contributed by atoms with E-state index in [1.807, 2.05) is 30.9 Å². The molecule has 0 N–H and O–H groups in total. The zero-order chi connectivity index (χ0) is 20.4. The van der Waals surface area contributed by atoms with Crippen molar-refractivity contribution in [3.05, 3.63) is 35.2 Å². The summed E-state index contributed by atoms with van der Waals surface area (Å²) >= 11 is 7.83. The molecule has 0 aromatic carbocycles. The van der Waals surface area contributed by atoms with Gasteiger partial charge in [-0.3, -0.25) is 4.79 Å². The first kappa shape index (κ1) is 19.8. The minimum Gasteiger partial charge on any atom is -0.344 e. The molecule has 4 rings (SSSR count). The van der Waals surface area contributed by atoms with E-state index < -0.39 is 0 Å². The van der Waals surface area contributed by atoms with Crippen molar-refractivity contribution in [3.8, 4) is 0 Å². The van der Waals surface area contributed by atoms with Crippen LogP contribution in [0.3, 0.4) is 0 Å². The number of thiazole rings is 1. The van der Waals surface area contributed by atoms with Crippen LogP contribution < -0.4 is 9.80 Å². The third kappa shape index (κ3) is 3.97. The summed E-state index contributed by atoms with van der Waals surface area (Å²) in [6, 6.07) is 3.85. The van der Waals surface area contributed by atoms with Gasteiger partial charge >= 0.3 is 0 Å². The predicted octanol–water partition coefficient (Wildman–Crippen LogP) is 2.94. The zero-order valence-corrected chi connectivity index (χ0v) is 17.9. The quantitative estimate of drug-likeness (QED) is 0.614. The van der Waals surface area contributed by atoms with E-state index in [0.717, 1.165) is 28.6 Å². The number of nitrogens with zero attached hydrogens (tertiary/aromatic N) is 7. The molecule has 3 aromatic heterocycles. The van der Waals surface area contributed by atoms with E-state index in [9.17, 15) is 4.79 Å². The van der Waals surface area contributed by atoms with Gasteiger partial charge in [-0.25, -0.2) is 19.9 Å². The molecule has 152 valence electrons. The maximum absolute atomic E-state index is 13.0. The summed E-state index contributed by atoms with van der Waals surface area (Å²) in [4.78, 5) is 37.7. The lowest BCUT2D eigenvalue weighted by Crippen LogP contribution is -2.49. The molecule has 1 aliphatic heterocycles. The van der Waals surface area contributed by atoms with Crippen molar-refractivity contribution < 1.29 is 4.79 Å². The Labute approximate surface area is 178 Å². The number of carbonyl (C=O) groups is 1. The van der Waals surface area contributed by atoms with Crippen LogP contribution in [0, 0.1) is 0 Å². The van der Waals surface area contributed by atoms with Gasteiger partial charge in [0.1, 0.15) is 10.3 Å². The molecular formula is C19H22ClN7OS. The smallest absolute Gasteiger partial charge is 0.274 e. The molecule has 0 bridgehead atoms. The largest absolute Gasteiger partial charge is 0.344 e. The van der Waals surface area contributed by atoms with Gasteiger partial charge in [0.05, 0.1) is 11.2 Å². The van der Waals surface area contributed by atoms with E-state index in [-0.39, 0.29) is 16.6 Å². The van der Waals surface area contributed by atoms with Gasteiger partial charge in [0.15, 0.2) is 10.8 Å². The molecule has 1 fully saturated rings. The van der Waals surface area contributed by atoms with E-state index in [1.54, 1.807) is 22.4 Å². The Bertz CT molecular complexity index is 982. The van der Waals surface area contributed by atoms with E-state index in [4.69, 9.17) is 11.6 Å². The summed E-state index contributed by atoms with van der Waals surface area (Å²) in [5, 5.41) is 1.22. The first-order chi connectivity index (χ1) is 14.1. The van der Waals surface area contributed by atoms with Crippen LogP contribution in [-0.2, 0) is 0 Å². The standard InChI is InChI=1S/C19H22ClN7OS/c1-3-25(4-2)18-22-12-13(20)15(24-18)17(28)26-8-10-27(11-9-26)19-23-14-6-5-7-21-16(14)29-19/h5-7,12H,3-4,8-11H2,1-2H3. The van der Waals surface area contributed by atoms with Crippen molar-refractivity contribution in [2.45, 2.75) is 13.8 Å². The van der Waals surface area contributed by atoms with Crippen molar-refractivity contribution >= 4 is 50.3 Å². The van der Waals surface area contributed by atoms with Crippen LogP contribution in [0.15, 0.2) is 24.5 Å². The average Bonchev–Trinajstić information content (AvgIpc) is 3.19.